The highest BCUT2D eigenvalue weighted by atomic mass is 16.5. The molecule has 1 unspecified atom stereocenters. The van der Waals surface area contributed by atoms with Gasteiger partial charge in [0.2, 0.25) is 0 Å². The maximum atomic E-state index is 5.11. The van der Waals surface area contributed by atoms with Crippen LogP contribution in [0.1, 0.15) is 19.2 Å². The Balaban J connectivity index is 2.23. The van der Waals surface area contributed by atoms with E-state index in [0.717, 1.165) is 31.8 Å². The van der Waals surface area contributed by atoms with Crippen LogP contribution >= 0.6 is 0 Å². The molecule has 0 saturated carbocycles. The molecule has 0 spiro atoms. The van der Waals surface area contributed by atoms with Crippen LogP contribution in [0.5, 0.6) is 0 Å². The molecule has 1 aromatic rings. The van der Waals surface area contributed by atoms with Crippen molar-refractivity contribution in [2.45, 2.75) is 25.8 Å². The number of aryl methyl sites for hydroxylation is 1. The average Bonchev–Trinajstić information content (AvgIpc) is 2.63. The molecule has 0 saturated heterocycles. The summed E-state index contributed by atoms with van der Waals surface area (Å²) in [6, 6.07) is 0.434. The number of rotatable bonds is 7. The number of aromatic nitrogens is 3. The molecular weight excluding hydrogens is 192 g/mol. The van der Waals surface area contributed by atoms with Crippen molar-refractivity contribution in [1.82, 2.24) is 20.1 Å². The van der Waals surface area contributed by atoms with Crippen molar-refractivity contribution in [1.29, 1.82) is 0 Å². The summed E-state index contributed by atoms with van der Waals surface area (Å²) >= 11 is 0. The second-order valence-corrected chi connectivity index (χ2v) is 3.56. The van der Waals surface area contributed by atoms with Crippen LogP contribution in [0.25, 0.3) is 0 Å². The molecule has 1 rings (SSSR count). The molecule has 1 aromatic heterocycles. The molecule has 15 heavy (non-hydrogen) atoms. The Morgan fingerprint density at radius 1 is 1.60 bits per heavy atom. The summed E-state index contributed by atoms with van der Waals surface area (Å²) in [5.74, 6) is 1.01. The van der Waals surface area contributed by atoms with E-state index in [1.54, 1.807) is 18.1 Å². The van der Waals surface area contributed by atoms with E-state index in [0.29, 0.717) is 6.04 Å². The molecule has 0 radical (unpaired) electrons. The second-order valence-electron chi connectivity index (χ2n) is 3.56. The van der Waals surface area contributed by atoms with Crippen LogP contribution in [0.2, 0.25) is 0 Å². The van der Waals surface area contributed by atoms with E-state index in [1.807, 2.05) is 7.05 Å². The van der Waals surface area contributed by atoms with Gasteiger partial charge in [-0.2, -0.15) is 5.10 Å². The Labute approximate surface area is 90.8 Å². The van der Waals surface area contributed by atoms with E-state index in [2.05, 4.69) is 22.3 Å². The van der Waals surface area contributed by atoms with Crippen molar-refractivity contribution in [2.24, 2.45) is 7.05 Å². The van der Waals surface area contributed by atoms with Crippen LogP contribution in [0.3, 0.4) is 0 Å². The molecule has 0 aliphatic rings. The zero-order valence-electron chi connectivity index (χ0n) is 9.73. The molecule has 0 bridgehead atoms. The number of nitrogens with one attached hydrogen (secondary N) is 1. The number of ether oxygens (including phenoxy) is 1. The molecule has 1 atom stereocenters. The monoisotopic (exact) mass is 212 g/mol. The van der Waals surface area contributed by atoms with Crippen LogP contribution in [-0.4, -0.2) is 41.1 Å². The molecule has 0 fully saturated rings. The molecule has 1 heterocycles. The fraction of sp³-hybridized carbons (Fsp3) is 0.800. The third kappa shape index (κ3) is 3.97. The molecule has 86 valence electrons. The maximum absolute atomic E-state index is 5.11. The quantitative estimate of drug-likeness (QED) is 0.709. The molecule has 5 nitrogen and oxygen atoms in total. The highest BCUT2D eigenvalue weighted by Crippen LogP contribution is 1.94. The van der Waals surface area contributed by atoms with Gasteiger partial charge in [-0.15, -0.1) is 0 Å². The number of hydrogen-bond donors (Lipinski definition) is 1. The van der Waals surface area contributed by atoms with E-state index in [9.17, 15) is 0 Å². The van der Waals surface area contributed by atoms with Gasteiger partial charge in [0.1, 0.15) is 12.2 Å². The standard InChI is InChI=1S/C10H20N4O/c1-4-9(7-15-3)11-6-5-10-12-8-13-14(10)2/h8-9,11H,4-7H2,1-3H3. The fourth-order valence-electron chi connectivity index (χ4n) is 1.46. The lowest BCUT2D eigenvalue weighted by molar-refractivity contribution is 0.164. The summed E-state index contributed by atoms with van der Waals surface area (Å²) in [5.41, 5.74) is 0. The lowest BCUT2D eigenvalue weighted by atomic mass is 10.2. The van der Waals surface area contributed by atoms with Gasteiger partial charge in [-0.3, -0.25) is 4.68 Å². The Kier molecular flexibility index (Phi) is 5.28. The maximum Gasteiger partial charge on any atom is 0.138 e. The highest BCUT2D eigenvalue weighted by Gasteiger charge is 2.05. The van der Waals surface area contributed by atoms with Gasteiger partial charge in [0.25, 0.3) is 0 Å². The largest absolute Gasteiger partial charge is 0.383 e. The summed E-state index contributed by atoms with van der Waals surface area (Å²) in [4.78, 5) is 4.17. The van der Waals surface area contributed by atoms with Crippen LogP contribution in [0.15, 0.2) is 6.33 Å². The van der Waals surface area contributed by atoms with E-state index >= 15 is 0 Å². The van der Waals surface area contributed by atoms with Crippen LogP contribution in [-0.2, 0) is 18.2 Å². The zero-order chi connectivity index (χ0) is 11.1. The summed E-state index contributed by atoms with van der Waals surface area (Å²) < 4.78 is 6.92. The minimum atomic E-state index is 0.434. The topological polar surface area (TPSA) is 52.0 Å². The zero-order valence-corrected chi connectivity index (χ0v) is 9.73. The Bertz CT molecular complexity index is 274. The lowest BCUT2D eigenvalue weighted by Crippen LogP contribution is -2.34. The van der Waals surface area contributed by atoms with E-state index in [4.69, 9.17) is 4.74 Å². The highest BCUT2D eigenvalue weighted by molar-refractivity contribution is 4.84. The third-order valence-electron chi connectivity index (χ3n) is 2.45. The third-order valence-corrected chi connectivity index (χ3v) is 2.45. The first-order chi connectivity index (χ1) is 7.27. The number of nitrogens with zero attached hydrogens (tertiary/aromatic N) is 3. The summed E-state index contributed by atoms with van der Waals surface area (Å²) in [5, 5.41) is 7.45. The van der Waals surface area contributed by atoms with Crippen molar-refractivity contribution in [3.8, 4) is 0 Å². The summed E-state index contributed by atoms with van der Waals surface area (Å²) in [7, 11) is 3.64. The summed E-state index contributed by atoms with van der Waals surface area (Å²) in [6.07, 6.45) is 3.56. The second kappa shape index (κ2) is 6.53. The molecule has 0 aromatic carbocycles. The molecule has 5 heteroatoms. The van der Waals surface area contributed by atoms with Crippen molar-refractivity contribution < 1.29 is 4.74 Å². The predicted molar refractivity (Wildman–Crippen MR) is 58.7 cm³/mol. The molecule has 0 amide bonds. The minimum Gasteiger partial charge on any atom is -0.383 e. The van der Waals surface area contributed by atoms with Crippen molar-refractivity contribution >= 4 is 0 Å². The first-order valence-corrected chi connectivity index (χ1v) is 5.33. The van der Waals surface area contributed by atoms with Crippen molar-refractivity contribution in [3.05, 3.63) is 12.2 Å². The van der Waals surface area contributed by atoms with Gasteiger partial charge in [0, 0.05) is 33.2 Å². The van der Waals surface area contributed by atoms with Crippen LogP contribution < -0.4 is 5.32 Å². The molecular formula is C10H20N4O. The smallest absolute Gasteiger partial charge is 0.138 e. The minimum absolute atomic E-state index is 0.434. The first kappa shape index (κ1) is 12.1. The number of methoxy groups -OCH3 is 1. The van der Waals surface area contributed by atoms with E-state index in [1.165, 1.54) is 0 Å². The van der Waals surface area contributed by atoms with Crippen LogP contribution in [0.4, 0.5) is 0 Å². The molecule has 0 aliphatic heterocycles. The average molecular weight is 212 g/mol. The van der Waals surface area contributed by atoms with Crippen LogP contribution in [0, 0.1) is 0 Å². The van der Waals surface area contributed by atoms with Gasteiger partial charge in [0.05, 0.1) is 6.61 Å². The van der Waals surface area contributed by atoms with Crippen molar-refractivity contribution in [2.75, 3.05) is 20.3 Å². The Morgan fingerprint density at radius 2 is 2.40 bits per heavy atom. The SMILES string of the molecule is CCC(COC)NCCc1ncnn1C. The van der Waals surface area contributed by atoms with Gasteiger partial charge in [-0.25, -0.2) is 4.98 Å². The Hall–Kier alpha value is -0.940. The van der Waals surface area contributed by atoms with Gasteiger partial charge >= 0.3 is 0 Å². The van der Waals surface area contributed by atoms with E-state index in [-0.39, 0.29) is 0 Å². The normalized spacial score (nSPS) is 13.0. The van der Waals surface area contributed by atoms with Gasteiger partial charge < -0.3 is 10.1 Å². The van der Waals surface area contributed by atoms with Gasteiger partial charge in [0.15, 0.2) is 0 Å². The first-order valence-electron chi connectivity index (χ1n) is 5.33. The van der Waals surface area contributed by atoms with E-state index < -0.39 is 0 Å². The molecule has 0 aliphatic carbocycles. The Morgan fingerprint density at radius 3 is 2.93 bits per heavy atom. The lowest BCUT2D eigenvalue weighted by Gasteiger charge is -2.15. The van der Waals surface area contributed by atoms with Gasteiger partial charge in [-0.1, -0.05) is 6.92 Å². The summed E-state index contributed by atoms with van der Waals surface area (Å²) in [6.45, 7) is 3.82. The predicted octanol–water partition coefficient (Wildman–Crippen LogP) is 0.372. The van der Waals surface area contributed by atoms with Gasteiger partial charge in [-0.05, 0) is 6.42 Å². The molecule has 1 N–H and O–H groups in total. The number of hydrogen-bond acceptors (Lipinski definition) is 4. The van der Waals surface area contributed by atoms with Crippen molar-refractivity contribution in [3.63, 3.8) is 0 Å². The fourth-order valence-corrected chi connectivity index (χ4v) is 1.46.